The van der Waals surface area contributed by atoms with Gasteiger partial charge in [0.1, 0.15) is 17.6 Å². The van der Waals surface area contributed by atoms with Crippen molar-refractivity contribution in [3.63, 3.8) is 0 Å². The maximum Gasteiger partial charge on any atom is 0.322 e. The quantitative estimate of drug-likeness (QED) is 0.775. The third-order valence-corrected chi connectivity index (χ3v) is 5.31. The molecular weight excluding hydrogens is 326 g/mol. The van der Waals surface area contributed by atoms with Crippen LogP contribution in [0.5, 0.6) is 5.75 Å². The van der Waals surface area contributed by atoms with Crippen LogP contribution < -0.4 is 4.74 Å². The number of Topliss-reactive ketones (excluding diaryl/α,β-unsaturated/α-hetero) is 1. The highest BCUT2D eigenvalue weighted by molar-refractivity contribution is 7.77. The summed E-state index contributed by atoms with van der Waals surface area (Å²) in [5, 5.41) is 9.28. The molecule has 2 aliphatic rings. The number of hydrogen-bond donors (Lipinski definition) is 2. The van der Waals surface area contributed by atoms with Gasteiger partial charge in [0.15, 0.2) is 0 Å². The molecule has 1 N–H and O–H groups in total. The summed E-state index contributed by atoms with van der Waals surface area (Å²) < 4.78 is 6.69. The zero-order valence-electron chi connectivity index (χ0n) is 13.6. The van der Waals surface area contributed by atoms with Gasteiger partial charge in [-0.2, -0.15) is 0 Å². The minimum absolute atomic E-state index is 0.0217. The summed E-state index contributed by atoms with van der Waals surface area (Å²) in [6.45, 7) is 0.532. The third kappa shape index (κ3) is 3.35. The number of fused-ring (bicyclic) bond motifs is 1. The molecule has 1 aromatic rings. The van der Waals surface area contributed by atoms with Crippen LogP contribution >= 0.6 is 12.8 Å². The third-order valence-electron chi connectivity index (χ3n) is 4.86. The first kappa shape index (κ1) is 17.0. The molecule has 1 aromatic carbocycles. The molecule has 0 aromatic heterocycles. The summed E-state index contributed by atoms with van der Waals surface area (Å²) >= 11 is 4.17. The van der Waals surface area contributed by atoms with E-state index in [1.807, 2.05) is 12.1 Å². The maximum absolute atomic E-state index is 12.5. The minimum atomic E-state index is -0.972. The van der Waals surface area contributed by atoms with Crippen molar-refractivity contribution in [1.29, 1.82) is 0 Å². The Morgan fingerprint density at radius 2 is 2.21 bits per heavy atom. The number of carboxylic acid groups (broad SMARTS) is 1. The predicted molar refractivity (Wildman–Crippen MR) is 94.1 cm³/mol. The smallest absolute Gasteiger partial charge is 0.322 e. The number of thiol groups is 1. The Kier molecular flexibility index (Phi) is 4.96. The van der Waals surface area contributed by atoms with Crippen LogP contribution in [0.2, 0.25) is 0 Å². The Hall–Kier alpha value is -1.79. The lowest BCUT2D eigenvalue weighted by Gasteiger charge is -2.18. The lowest BCUT2D eigenvalue weighted by molar-refractivity contribution is -0.144. The van der Waals surface area contributed by atoms with Gasteiger partial charge >= 0.3 is 5.97 Å². The SMILES string of the molecule is COc1ccc2c(c1)C=C(CCC(=O)C1CCN(S)[C@@H]1C(=O)O)C2. The van der Waals surface area contributed by atoms with Gasteiger partial charge in [0.25, 0.3) is 0 Å². The molecule has 0 saturated carbocycles. The summed E-state index contributed by atoms with van der Waals surface area (Å²) in [4.78, 5) is 23.8. The normalized spacial score (nSPS) is 23.0. The van der Waals surface area contributed by atoms with Crippen LogP contribution in [0, 0.1) is 5.92 Å². The van der Waals surface area contributed by atoms with Gasteiger partial charge in [-0.3, -0.25) is 9.59 Å². The van der Waals surface area contributed by atoms with Crippen molar-refractivity contribution in [3.05, 3.63) is 34.9 Å². The lowest BCUT2D eigenvalue weighted by atomic mass is 9.91. The van der Waals surface area contributed by atoms with Gasteiger partial charge in [0.05, 0.1) is 7.11 Å². The highest BCUT2D eigenvalue weighted by Crippen LogP contribution is 2.32. The van der Waals surface area contributed by atoms with Crippen molar-refractivity contribution < 1.29 is 19.4 Å². The van der Waals surface area contributed by atoms with E-state index < -0.39 is 17.9 Å². The van der Waals surface area contributed by atoms with Crippen LogP contribution in [-0.2, 0) is 16.0 Å². The van der Waals surface area contributed by atoms with Crippen LogP contribution in [0.15, 0.2) is 23.8 Å². The molecule has 2 atom stereocenters. The number of nitrogens with zero attached hydrogens (tertiary/aromatic N) is 1. The number of carboxylic acids is 1. The van der Waals surface area contributed by atoms with Crippen LogP contribution in [0.3, 0.4) is 0 Å². The summed E-state index contributed by atoms with van der Waals surface area (Å²) in [6.07, 6.45) is 4.58. The molecule has 0 amide bonds. The molecule has 3 rings (SSSR count). The summed E-state index contributed by atoms with van der Waals surface area (Å²) in [7, 11) is 1.64. The molecule has 6 heteroatoms. The lowest BCUT2D eigenvalue weighted by Crippen LogP contribution is -2.37. The number of ketones is 1. The fourth-order valence-corrected chi connectivity index (χ4v) is 3.93. The fraction of sp³-hybridized carbons (Fsp3) is 0.444. The van der Waals surface area contributed by atoms with Gasteiger partial charge < -0.3 is 9.84 Å². The topological polar surface area (TPSA) is 66.8 Å². The van der Waals surface area contributed by atoms with Crippen LogP contribution in [0.4, 0.5) is 0 Å². The van der Waals surface area contributed by atoms with Crippen molar-refractivity contribution in [2.45, 2.75) is 31.7 Å². The largest absolute Gasteiger partial charge is 0.497 e. The Morgan fingerprint density at radius 3 is 2.92 bits per heavy atom. The summed E-state index contributed by atoms with van der Waals surface area (Å²) in [6, 6.07) is 5.19. The standard InChI is InChI=1S/C18H21NO4S/c1-23-14-4-3-12-8-11(9-13(12)10-14)2-5-16(20)15-6-7-19(24)17(15)18(21)22/h3-4,9-10,15,17,24H,2,5-8H2,1H3,(H,21,22)/t15?,17-/m0/s1. The van der Waals surface area contributed by atoms with Crippen molar-refractivity contribution in [2.24, 2.45) is 5.92 Å². The van der Waals surface area contributed by atoms with Gasteiger partial charge in [-0.25, -0.2) is 4.31 Å². The molecule has 1 saturated heterocycles. The number of carbonyl (C=O) groups excluding carboxylic acids is 1. The number of ether oxygens (including phenoxy) is 1. The van der Waals surface area contributed by atoms with E-state index in [1.54, 1.807) is 7.11 Å². The van der Waals surface area contributed by atoms with Gasteiger partial charge in [0, 0.05) is 18.9 Å². The number of methoxy groups -OCH3 is 1. The van der Waals surface area contributed by atoms with Crippen molar-refractivity contribution >= 4 is 30.6 Å². The number of aliphatic carboxylic acids is 1. The number of benzene rings is 1. The highest BCUT2D eigenvalue weighted by Gasteiger charge is 2.41. The fourth-order valence-electron chi connectivity index (χ4n) is 3.55. The zero-order chi connectivity index (χ0) is 17.3. The van der Waals surface area contributed by atoms with Crippen LogP contribution in [0.25, 0.3) is 6.08 Å². The molecule has 5 nitrogen and oxygen atoms in total. The second kappa shape index (κ2) is 6.99. The van der Waals surface area contributed by atoms with E-state index in [4.69, 9.17) is 4.74 Å². The monoisotopic (exact) mass is 347 g/mol. The average molecular weight is 347 g/mol. The molecule has 24 heavy (non-hydrogen) atoms. The Labute approximate surface area is 146 Å². The minimum Gasteiger partial charge on any atom is -0.497 e. The second-order valence-corrected chi connectivity index (χ2v) is 6.87. The van der Waals surface area contributed by atoms with Crippen molar-refractivity contribution in [3.8, 4) is 5.75 Å². The van der Waals surface area contributed by atoms with E-state index in [2.05, 4.69) is 25.0 Å². The Bertz CT molecular complexity index is 700. The first-order valence-corrected chi connectivity index (χ1v) is 8.47. The number of carbonyl (C=O) groups is 2. The first-order valence-electron chi connectivity index (χ1n) is 8.07. The number of allylic oxidation sites excluding steroid dienone is 1. The summed E-state index contributed by atoms with van der Waals surface area (Å²) in [5.41, 5.74) is 3.59. The molecule has 1 aliphatic carbocycles. The molecule has 0 radical (unpaired) electrons. The molecular formula is C18H21NO4S. The average Bonchev–Trinajstić information content (AvgIpc) is 3.14. The van der Waals surface area contributed by atoms with Crippen molar-refractivity contribution in [2.75, 3.05) is 13.7 Å². The molecule has 1 aliphatic heterocycles. The van der Waals surface area contributed by atoms with Crippen molar-refractivity contribution in [1.82, 2.24) is 4.31 Å². The number of hydrogen-bond acceptors (Lipinski definition) is 5. The van der Waals surface area contributed by atoms with E-state index in [-0.39, 0.29) is 5.78 Å². The maximum atomic E-state index is 12.5. The van der Waals surface area contributed by atoms with E-state index in [9.17, 15) is 14.7 Å². The van der Waals surface area contributed by atoms with E-state index in [0.29, 0.717) is 25.8 Å². The van der Waals surface area contributed by atoms with E-state index >= 15 is 0 Å². The van der Waals surface area contributed by atoms with E-state index in [0.717, 1.165) is 17.7 Å². The molecule has 0 bridgehead atoms. The molecule has 1 fully saturated rings. The Morgan fingerprint density at radius 1 is 1.42 bits per heavy atom. The molecule has 1 unspecified atom stereocenters. The zero-order valence-corrected chi connectivity index (χ0v) is 14.5. The van der Waals surface area contributed by atoms with Gasteiger partial charge in [-0.1, -0.05) is 30.5 Å². The van der Waals surface area contributed by atoms with Crippen LogP contribution in [-0.4, -0.2) is 40.9 Å². The molecule has 1 heterocycles. The molecule has 0 spiro atoms. The molecule has 128 valence electrons. The summed E-state index contributed by atoms with van der Waals surface area (Å²) in [5.74, 6) is -0.579. The number of rotatable bonds is 6. The van der Waals surface area contributed by atoms with Gasteiger partial charge in [0.2, 0.25) is 0 Å². The van der Waals surface area contributed by atoms with Gasteiger partial charge in [-0.15, -0.1) is 0 Å². The van der Waals surface area contributed by atoms with E-state index in [1.165, 1.54) is 15.4 Å². The second-order valence-electron chi connectivity index (χ2n) is 6.35. The van der Waals surface area contributed by atoms with Crippen LogP contribution in [0.1, 0.15) is 30.4 Å². The predicted octanol–water partition coefficient (Wildman–Crippen LogP) is 2.60. The Balaban J connectivity index is 1.60. The first-order chi connectivity index (χ1) is 11.5. The van der Waals surface area contributed by atoms with Gasteiger partial charge in [-0.05, 0) is 42.5 Å². The highest BCUT2D eigenvalue weighted by atomic mass is 32.1.